The van der Waals surface area contributed by atoms with Crippen LogP contribution in [-0.2, 0) is 4.79 Å². The summed E-state index contributed by atoms with van der Waals surface area (Å²) in [6, 6.07) is 9.73. The third-order valence-corrected chi connectivity index (χ3v) is 4.12. The van der Waals surface area contributed by atoms with Crippen molar-refractivity contribution in [2.75, 3.05) is 30.7 Å². The van der Waals surface area contributed by atoms with Gasteiger partial charge >= 0.3 is 0 Å². The number of anilines is 1. The van der Waals surface area contributed by atoms with E-state index in [-0.39, 0.29) is 5.91 Å². The van der Waals surface area contributed by atoms with Crippen molar-refractivity contribution < 1.29 is 9.69 Å². The van der Waals surface area contributed by atoms with E-state index in [1.807, 2.05) is 24.3 Å². The van der Waals surface area contributed by atoms with Crippen LogP contribution < -0.4 is 10.2 Å². The predicted octanol–water partition coefficient (Wildman–Crippen LogP) is 0.919. The third-order valence-electron chi connectivity index (χ3n) is 3.17. The molecule has 2 rings (SSSR count). The van der Waals surface area contributed by atoms with E-state index < -0.39 is 0 Å². The number of nitrogens with zero attached hydrogens (tertiary/aromatic N) is 1. The minimum Gasteiger partial charge on any atom is -0.327 e. The Morgan fingerprint density at radius 1 is 1.37 bits per heavy atom. The summed E-state index contributed by atoms with van der Waals surface area (Å²) in [7, 11) is 0. The lowest BCUT2D eigenvalue weighted by molar-refractivity contribution is -0.878. The molecule has 0 radical (unpaired) electrons. The molecule has 0 aliphatic carbocycles. The second kappa shape index (κ2) is 7.17. The van der Waals surface area contributed by atoms with E-state index in [2.05, 4.69) is 11.4 Å². The van der Waals surface area contributed by atoms with Crippen molar-refractivity contribution in [1.29, 1.82) is 5.26 Å². The van der Waals surface area contributed by atoms with Crippen LogP contribution in [0.2, 0.25) is 0 Å². The molecule has 1 aromatic rings. The Balaban J connectivity index is 1.93. The van der Waals surface area contributed by atoms with Crippen molar-refractivity contribution in [3.8, 4) is 6.07 Å². The Morgan fingerprint density at radius 2 is 2.11 bits per heavy atom. The van der Waals surface area contributed by atoms with Gasteiger partial charge < -0.3 is 10.2 Å². The summed E-state index contributed by atoms with van der Waals surface area (Å²) in [4.78, 5) is 14.3. The number of hydrogen-bond acceptors (Lipinski definition) is 3. The van der Waals surface area contributed by atoms with Crippen LogP contribution in [0, 0.1) is 11.3 Å². The van der Waals surface area contributed by atoms with Gasteiger partial charge in [-0.3, -0.25) is 4.79 Å². The monoisotopic (exact) mass is 276 g/mol. The highest BCUT2D eigenvalue weighted by Crippen LogP contribution is 2.26. The summed E-state index contributed by atoms with van der Waals surface area (Å²) < 4.78 is 0. The van der Waals surface area contributed by atoms with E-state index in [9.17, 15) is 4.79 Å². The molecule has 0 unspecified atom stereocenters. The van der Waals surface area contributed by atoms with Crippen molar-refractivity contribution in [3.63, 3.8) is 0 Å². The van der Waals surface area contributed by atoms with Crippen LogP contribution in [-0.4, -0.2) is 31.3 Å². The molecule has 5 heteroatoms. The molecule has 0 saturated carbocycles. The molecule has 1 fully saturated rings. The number of likely N-dealkylation sites (tertiary alicyclic amines) is 1. The molecule has 100 valence electrons. The number of quaternary nitrogens is 1. The molecule has 1 saturated heterocycles. The first-order chi connectivity index (χ1) is 9.29. The maximum Gasteiger partial charge on any atom is 0.279 e. The number of para-hydroxylation sites is 1. The lowest BCUT2D eigenvalue weighted by Gasteiger charge is -2.13. The molecular weight excluding hydrogens is 258 g/mol. The molecule has 0 bridgehead atoms. The van der Waals surface area contributed by atoms with Gasteiger partial charge in [0.05, 0.1) is 30.6 Å². The zero-order chi connectivity index (χ0) is 13.5. The zero-order valence-corrected chi connectivity index (χ0v) is 11.6. The van der Waals surface area contributed by atoms with E-state index in [1.54, 1.807) is 0 Å². The minimum atomic E-state index is 0.0573. The van der Waals surface area contributed by atoms with Gasteiger partial charge in [0, 0.05) is 17.7 Å². The molecule has 1 heterocycles. The number of hydrogen-bond donors (Lipinski definition) is 2. The van der Waals surface area contributed by atoms with Crippen molar-refractivity contribution in [2.45, 2.75) is 17.7 Å². The fourth-order valence-electron chi connectivity index (χ4n) is 2.28. The molecular formula is C14H18N3OS+. The number of amides is 1. The van der Waals surface area contributed by atoms with Crippen LogP contribution in [0.4, 0.5) is 5.69 Å². The fraction of sp³-hybridized carbons (Fsp3) is 0.429. The first-order valence-electron chi connectivity index (χ1n) is 6.52. The molecule has 0 atom stereocenters. The second-order valence-corrected chi connectivity index (χ2v) is 5.64. The van der Waals surface area contributed by atoms with Crippen LogP contribution in [0.25, 0.3) is 0 Å². The van der Waals surface area contributed by atoms with Gasteiger partial charge in [0.15, 0.2) is 6.54 Å². The third kappa shape index (κ3) is 4.27. The van der Waals surface area contributed by atoms with Gasteiger partial charge in [-0.05, 0) is 12.1 Å². The van der Waals surface area contributed by atoms with E-state index in [0.717, 1.165) is 23.7 Å². The van der Waals surface area contributed by atoms with Gasteiger partial charge in [0.1, 0.15) is 0 Å². The number of nitrogens with one attached hydrogen (secondary N) is 2. The largest absolute Gasteiger partial charge is 0.327 e. The smallest absolute Gasteiger partial charge is 0.279 e. The van der Waals surface area contributed by atoms with E-state index in [1.165, 1.54) is 29.5 Å². The van der Waals surface area contributed by atoms with Crippen LogP contribution in [0.1, 0.15) is 12.8 Å². The number of carbonyl (C=O) groups excluding carboxylic acids is 1. The van der Waals surface area contributed by atoms with Gasteiger partial charge in [0.25, 0.3) is 5.91 Å². The Morgan fingerprint density at radius 3 is 2.84 bits per heavy atom. The second-order valence-electron chi connectivity index (χ2n) is 4.63. The Kier molecular flexibility index (Phi) is 5.25. The highest BCUT2D eigenvalue weighted by Gasteiger charge is 2.19. The summed E-state index contributed by atoms with van der Waals surface area (Å²) in [5, 5.41) is 11.6. The topological polar surface area (TPSA) is 57.3 Å². The van der Waals surface area contributed by atoms with Gasteiger partial charge in [0.2, 0.25) is 0 Å². The average Bonchev–Trinajstić information content (AvgIpc) is 2.90. The minimum absolute atomic E-state index is 0.0573. The van der Waals surface area contributed by atoms with Gasteiger partial charge in [-0.2, -0.15) is 5.26 Å². The van der Waals surface area contributed by atoms with Crippen molar-refractivity contribution in [3.05, 3.63) is 24.3 Å². The van der Waals surface area contributed by atoms with Crippen LogP contribution in [0.15, 0.2) is 29.2 Å². The maximum atomic E-state index is 12.0. The normalized spacial score (nSPS) is 15.1. The Bertz CT molecular complexity index is 478. The van der Waals surface area contributed by atoms with E-state index in [4.69, 9.17) is 5.26 Å². The van der Waals surface area contributed by atoms with Crippen molar-refractivity contribution in [2.24, 2.45) is 0 Å². The first kappa shape index (κ1) is 13.9. The highest BCUT2D eigenvalue weighted by molar-refractivity contribution is 7.99. The summed E-state index contributed by atoms with van der Waals surface area (Å²) in [6.07, 6.45) is 2.44. The van der Waals surface area contributed by atoms with E-state index >= 15 is 0 Å². The first-order valence-corrected chi connectivity index (χ1v) is 7.50. The molecule has 0 aromatic heterocycles. The van der Waals surface area contributed by atoms with Crippen LogP contribution in [0.3, 0.4) is 0 Å². The number of thioether (sulfide) groups is 1. The average molecular weight is 276 g/mol. The number of benzene rings is 1. The fourth-order valence-corrected chi connectivity index (χ4v) is 2.95. The van der Waals surface area contributed by atoms with Crippen LogP contribution in [0.5, 0.6) is 0 Å². The lowest BCUT2D eigenvalue weighted by Crippen LogP contribution is -3.11. The Labute approximate surface area is 117 Å². The van der Waals surface area contributed by atoms with Crippen molar-refractivity contribution in [1.82, 2.24) is 0 Å². The van der Waals surface area contributed by atoms with Gasteiger partial charge in [-0.25, -0.2) is 0 Å². The van der Waals surface area contributed by atoms with E-state index in [0.29, 0.717) is 12.3 Å². The summed E-state index contributed by atoms with van der Waals surface area (Å²) in [5.41, 5.74) is 0.811. The van der Waals surface area contributed by atoms with Gasteiger partial charge in [-0.1, -0.05) is 12.1 Å². The summed E-state index contributed by atoms with van der Waals surface area (Å²) in [6.45, 7) is 2.73. The molecule has 1 aliphatic heterocycles. The maximum absolute atomic E-state index is 12.0. The van der Waals surface area contributed by atoms with Crippen molar-refractivity contribution >= 4 is 23.4 Å². The summed E-state index contributed by atoms with van der Waals surface area (Å²) in [5.74, 6) is 0.450. The highest BCUT2D eigenvalue weighted by atomic mass is 32.2. The molecule has 1 aliphatic rings. The molecule has 2 N–H and O–H groups in total. The summed E-state index contributed by atoms with van der Waals surface area (Å²) >= 11 is 1.45. The number of carbonyl (C=O) groups is 1. The molecule has 4 nitrogen and oxygen atoms in total. The quantitative estimate of drug-likeness (QED) is 0.786. The lowest BCUT2D eigenvalue weighted by atomic mass is 10.3. The molecule has 1 aromatic carbocycles. The predicted molar refractivity (Wildman–Crippen MR) is 76.2 cm³/mol. The van der Waals surface area contributed by atoms with Crippen LogP contribution >= 0.6 is 11.8 Å². The molecule has 0 spiro atoms. The Hall–Kier alpha value is -1.51. The van der Waals surface area contributed by atoms with Gasteiger partial charge in [-0.15, -0.1) is 11.8 Å². The number of nitriles is 1. The number of rotatable bonds is 5. The zero-order valence-electron chi connectivity index (χ0n) is 10.8. The molecule has 1 amide bonds. The SMILES string of the molecule is N#CCSc1ccccc1NC(=O)C[NH+]1CCCC1. The standard InChI is InChI=1S/C14H17N3OS/c15-7-10-19-13-6-2-1-5-12(13)16-14(18)11-17-8-3-4-9-17/h1-2,5-6H,3-4,8-11H2,(H,16,18)/p+1. The molecule has 19 heavy (non-hydrogen) atoms.